The monoisotopic (exact) mass is 222 g/mol. The zero-order valence-corrected chi connectivity index (χ0v) is 8.18. The molecule has 1 rings (SSSR count). The van der Waals surface area contributed by atoms with Crippen molar-refractivity contribution in [2.24, 2.45) is 5.73 Å². The van der Waals surface area contributed by atoms with Crippen LogP contribution < -0.4 is 10.5 Å². The van der Waals surface area contributed by atoms with Gasteiger partial charge in [0.15, 0.2) is 0 Å². The Morgan fingerprint density at radius 1 is 1.64 bits per heavy atom. The SMILES string of the molecule is COc1nc(C(F)F)c(CN)cc1Cl. The number of alkyl halides is 2. The Kier molecular flexibility index (Phi) is 3.60. The molecule has 0 aliphatic carbocycles. The number of methoxy groups -OCH3 is 1. The van der Waals surface area contributed by atoms with E-state index in [9.17, 15) is 8.78 Å². The number of halogens is 3. The first-order valence-electron chi connectivity index (χ1n) is 3.81. The molecule has 3 nitrogen and oxygen atoms in total. The van der Waals surface area contributed by atoms with Gasteiger partial charge in [0.05, 0.1) is 7.11 Å². The summed E-state index contributed by atoms with van der Waals surface area (Å²) in [4.78, 5) is 3.58. The number of nitrogens with zero attached hydrogens (tertiary/aromatic N) is 1. The normalized spacial score (nSPS) is 10.7. The molecule has 0 aromatic carbocycles. The van der Waals surface area contributed by atoms with Crippen molar-refractivity contribution in [3.8, 4) is 5.88 Å². The molecule has 2 N–H and O–H groups in total. The van der Waals surface area contributed by atoms with Gasteiger partial charge < -0.3 is 10.5 Å². The first-order valence-corrected chi connectivity index (χ1v) is 4.19. The van der Waals surface area contributed by atoms with Crippen LogP contribution in [0, 0.1) is 0 Å². The highest BCUT2D eigenvalue weighted by atomic mass is 35.5. The molecule has 1 heterocycles. The predicted octanol–water partition coefficient (Wildman–Crippen LogP) is 2.14. The second-order valence-electron chi connectivity index (χ2n) is 2.53. The van der Waals surface area contributed by atoms with Gasteiger partial charge in [0, 0.05) is 6.54 Å². The van der Waals surface area contributed by atoms with E-state index in [1.54, 1.807) is 0 Å². The summed E-state index contributed by atoms with van der Waals surface area (Å²) in [5.41, 5.74) is 5.12. The first-order chi connectivity index (χ1) is 6.60. The summed E-state index contributed by atoms with van der Waals surface area (Å²) in [6.07, 6.45) is -2.68. The third-order valence-corrected chi connectivity index (χ3v) is 1.95. The predicted molar refractivity (Wildman–Crippen MR) is 48.6 cm³/mol. The molecule has 78 valence electrons. The van der Waals surface area contributed by atoms with E-state index in [2.05, 4.69) is 4.98 Å². The van der Waals surface area contributed by atoms with Crippen LogP contribution in [0.1, 0.15) is 17.7 Å². The van der Waals surface area contributed by atoms with Crippen LogP contribution >= 0.6 is 11.6 Å². The van der Waals surface area contributed by atoms with Crippen LogP contribution in [0.5, 0.6) is 5.88 Å². The van der Waals surface area contributed by atoms with Crippen LogP contribution in [-0.2, 0) is 6.54 Å². The fourth-order valence-electron chi connectivity index (χ4n) is 1.02. The number of rotatable bonds is 3. The minimum atomic E-state index is -2.68. The molecule has 0 bridgehead atoms. The molecule has 0 unspecified atom stereocenters. The van der Waals surface area contributed by atoms with E-state index in [0.717, 1.165) is 0 Å². The average Bonchev–Trinajstić information content (AvgIpc) is 2.16. The van der Waals surface area contributed by atoms with Crippen LogP contribution in [0.3, 0.4) is 0 Å². The number of pyridine rings is 1. The highest BCUT2D eigenvalue weighted by Gasteiger charge is 2.17. The van der Waals surface area contributed by atoms with Crippen LogP contribution in [-0.4, -0.2) is 12.1 Å². The molecule has 0 aliphatic rings. The fraction of sp³-hybridized carbons (Fsp3) is 0.375. The van der Waals surface area contributed by atoms with E-state index in [1.165, 1.54) is 13.2 Å². The first kappa shape index (κ1) is 11.1. The Morgan fingerprint density at radius 3 is 2.71 bits per heavy atom. The Bertz CT molecular complexity index is 333. The molecule has 1 aromatic rings. The largest absolute Gasteiger partial charge is 0.480 e. The Labute approximate surface area is 84.8 Å². The van der Waals surface area contributed by atoms with Gasteiger partial charge in [-0.25, -0.2) is 13.8 Å². The second-order valence-corrected chi connectivity index (χ2v) is 2.94. The fourth-order valence-corrected chi connectivity index (χ4v) is 1.27. The lowest BCUT2D eigenvalue weighted by molar-refractivity contribution is 0.143. The molecule has 0 saturated carbocycles. The highest BCUT2D eigenvalue weighted by Crippen LogP contribution is 2.29. The summed E-state index contributed by atoms with van der Waals surface area (Å²) in [6, 6.07) is 1.34. The average molecular weight is 223 g/mol. The topological polar surface area (TPSA) is 48.1 Å². The molecule has 0 atom stereocenters. The molecule has 6 heteroatoms. The highest BCUT2D eigenvalue weighted by molar-refractivity contribution is 6.31. The molecular formula is C8H9ClF2N2O. The van der Waals surface area contributed by atoms with Crippen molar-refractivity contribution in [1.29, 1.82) is 0 Å². The quantitative estimate of drug-likeness (QED) is 0.853. The zero-order chi connectivity index (χ0) is 10.7. The molecule has 0 radical (unpaired) electrons. The van der Waals surface area contributed by atoms with Gasteiger partial charge in [0.1, 0.15) is 10.7 Å². The van der Waals surface area contributed by atoms with E-state index in [4.69, 9.17) is 22.1 Å². The molecule has 14 heavy (non-hydrogen) atoms. The molecule has 0 amide bonds. The van der Waals surface area contributed by atoms with Gasteiger partial charge in [0.2, 0.25) is 5.88 Å². The van der Waals surface area contributed by atoms with Crippen molar-refractivity contribution in [3.05, 3.63) is 22.3 Å². The van der Waals surface area contributed by atoms with Crippen molar-refractivity contribution >= 4 is 11.6 Å². The van der Waals surface area contributed by atoms with Gasteiger partial charge in [0.25, 0.3) is 6.43 Å². The molecule has 0 fully saturated rings. The van der Waals surface area contributed by atoms with E-state index in [0.29, 0.717) is 0 Å². The Balaban J connectivity index is 3.25. The smallest absolute Gasteiger partial charge is 0.280 e. The Hall–Kier alpha value is -0.940. The molecule has 0 spiro atoms. The number of aromatic nitrogens is 1. The van der Waals surface area contributed by atoms with E-state index in [1.807, 2.05) is 0 Å². The zero-order valence-electron chi connectivity index (χ0n) is 7.43. The van der Waals surface area contributed by atoms with Crippen molar-refractivity contribution < 1.29 is 13.5 Å². The minimum Gasteiger partial charge on any atom is -0.480 e. The lowest BCUT2D eigenvalue weighted by atomic mass is 10.2. The number of ether oxygens (including phenoxy) is 1. The summed E-state index contributed by atoms with van der Waals surface area (Å²) in [5, 5.41) is 0.178. The van der Waals surface area contributed by atoms with Crippen molar-refractivity contribution in [1.82, 2.24) is 4.98 Å². The summed E-state index contributed by atoms with van der Waals surface area (Å²) >= 11 is 5.70. The third kappa shape index (κ3) is 2.10. The maximum atomic E-state index is 12.4. The van der Waals surface area contributed by atoms with E-state index in [-0.39, 0.29) is 28.7 Å². The van der Waals surface area contributed by atoms with Crippen molar-refractivity contribution in [3.63, 3.8) is 0 Å². The maximum Gasteiger partial charge on any atom is 0.280 e. The van der Waals surface area contributed by atoms with Crippen LogP contribution in [0.25, 0.3) is 0 Å². The van der Waals surface area contributed by atoms with Crippen molar-refractivity contribution in [2.75, 3.05) is 7.11 Å². The van der Waals surface area contributed by atoms with Crippen LogP contribution in [0.15, 0.2) is 6.07 Å². The minimum absolute atomic E-state index is 0.0147. The second kappa shape index (κ2) is 4.52. The summed E-state index contributed by atoms with van der Waals surface area (Å²) in [6.45, 7) is -0.0314. The van der Waals surface area contributed by atoms with Crippen molar-refractivity contribution in [2.45, 2.75) is 13.0 Å². The van der Waals surface area contributed by atoms with Gasteiger partial charge in [-0.05, 0) is 11.6 Å². The van der Waals surface area contributed by atoms with Crippen LogP contribution in [0.2, 0.25) is 5.02 Å². The Morgan fingerprint density at radius 2 is 2.29 bits per heavy atom. The lowest BCUT2D eigenvalue weighted by Gasteiger charge is -2.09. The van der Waals surface area contributed by atoms with Gasteiger partial charge in [-0.15, -0.1) is 0 Å². The van der Waals surface area contributed by atoms with Gasteiger partial charge >= 0.3 is 0 Å². The van der Waals surface area contributed by atoms with Crippen LogP contribution in [0.4, 0.5) is 8.78 Å². The van der Waals surface area contributed by atoms with E-state index >= 15 is 0 Å². The summed E-state index contributed by atoms with van der Waals surface area (Å²) in [5.74, 6) is -0.0147. The van der Waals surface area contributed by atoms with Gasteiger partial charge in [-0.1, -0.05) is 11.6 Å². The summed E-state index contributed by atoms with van der Waals surface area (Å²) in [7, 11) is 1.31. The number of hydrogen-bond donors (Lipinski definition) is 1. The molecular weight excluding hydrogens is 214 g/mol. The standard InChI is InChI=1S/C8H9ClF2N2O/c1-14-8-5(9)2-4(3-12)6(13-8)7(10)11/h2,7H,3,12H2,1H3. The third-order valence-electron chi connectivity index (χ3n) is 1.68. The number of nitrogens with two attached hydrogens (primary N) is 1. The molecule has 0 saturated heterocycles. The molecule has 1 aromatic heterocycles. The van der Waals surface area contributed by atoms with E-state index < -0.39 is 6.43 Å². The van der Waals surface area contributed by atoms with Gasteiger partial charge in [-0.3, -0.25) is 0 Å². The maximum absolute atomic E-state index is 12.4. The summed E-state index contributed by atoms with van der Waals surface area (Å²) < 4.78 is 29.6. The lowest BCUT2D eigenvalue weighted by Crippen LogP contribution is -2.06. The molecule has 0 aliphatic heterocycles. The number of hydrogen-bond acceptors (Lipinski definition) is 3. The van der Waals surface area contributed by atoms with Gasteiger partial charge in [-0.2, -0.15) is 0 Å².